The Balaban J connectivity index is 1.50. The van der Waals surface area contributed by atoms with Crippen LogP contribution in [0, 0.1) is 12.7 Å². The molecule has 0 spiro atoms. The molecule has 1 saturated heterocycles. The summed E-state index contributed by atoms with van der Waals surface area (Å²) in [6.45, 7) is 2.95. The third-order valence-corrected chi connectivity index (χ3v) is 4.88. The van der Waals surface area contributed by atoms with Crippen LogP contribution in [-0.2, 0) is 11.2 Å². The minimum Gasteiger partial charge on any atom is -0.342 e. The maximum absolute atomic E-state index is 13.8. The van der Waals surface area contributed by atoms with Crippen LogP contribution in [0.2, 0.25) is 0 Å². The Labute approximate surface area is 149 Å². The molecule has 2 aromatic heterocycles. The highest BCUT2D eigenvalue weighted by molar-refractivity contribution is 5.79. The molecule has 0 unspecified atom stereocenters. The average molecular weight is 354 g/mol. The smallest absolute Gasteiger partial charge is 0.272 e. The second-order valence-electron chi connectivity index (χ2n) is 6.73. The Morgan fingerprint density at radius 3 is 2.96 bits per heavy atom. The highest BCUT2D eigenvalue weighted by atomic mass is 19.1. The number of nitrogens with zero attached hydrogens (tertiary/aromatic N) is 3. The monoisotopic (exact) mass is 354 g/mol. The van der Waals surface area contributed by atoms with E-state index in [0.717, 1.165) is 12.1 Å². The molecule has 1 amide bonds. The van der Waals surface area contributed by atoms with E-state index in [2.05, 4.69) is 10.1 Å². The van der Waals surface area contributed by atoms with Gasteiger partial charge in [-0.3, -0.25) is 14.7 Å². The summed E-state index contributed by atoms with van der Waals surface area (Å²) in [5.41, 5.74) is 2.42. The minimum absolute atomic E-state index is 0.0618. The fourth-order valence-corrected chi connectivity index (χ4v) is 3.50. The molecule has 0 saturated carbocycles. The van der Waals surface area contributed by atoms with E-state index in [1.165, 1.54) is 16.6 Å². The van der Waals surface area contributed by atoms with Crippen LogP contribution < -0.4 is 5.56 Å². The quantitative estimate of drug-likeness (QED) is 0.782. The summed E-state index contributed by atoms with van der Waals surface area (Å²) in [6.07, 6.45) is 0.857. The molecule has 6 nitrogen and oxygen atoms in total. The zero-order chi connectivity index (χ0) is 18.3. The molecule has 26 heavy (non-hydrogen) atoms. The van der Waals surface area contributed by atoms with Crippen molar-refractivity contribution in [1.29, 1.82) is 0 Å². The predicted molar refractivity (Wildman–Crippen MR) is 94.6 cm³/mol. The summed E-state index contributed by atoms with van der Waals surface area (Å²) in [6, 6.07) is 9.69. The number of hydrogen-bond acceptors (Lipinski definition) is 3. The lowest BCUT2D eigenvalue weighted by atomic mass is 10.1. The zero-order valence-electron chi connectivity index (χ0n) is 14.4. The van der Waals surface area contributed by atoms with Gasteiger partial charge in [0.15, 0.2) is 5.65 Å². The molecule has 1 aliphatic heterocycles. The normalized spacial score (nSPS) is 17.2. The van der Waals surface area contributed by atoms with Gasteiger partial charge in [0.2, 0.25) is 5.91 Å². The van der Waals surface area contributed by atoms with E-state index < -0.39 is 0 Å². The number of hydrogen-bond donors (Lipinski definition) is 1. The molecule has 1 aromatic carbocycles. The van der Waals surface area contributed by atoms with Crippen molar-refractivity contribution in [3.63, 3.8) is 0 Å². The number of amides is 1. The van der Waals surface area contributed by atoms with Gasteiger partial charge in [-0.15, -0.1) is 0 Å². The van der Waals surface area contributed by atoms with Gasteiger partial charge < -0.3 is 4.90 Å². The second kappa shape index (κ2) is 6.40. The Morgan fingerprint density at radius 2 is 2.15 bits per heavy atom. The second-order valence-corrected chi connectivity index (χ2v) is 6.73. The number of aromatic amines is 1. The molecule has 1 N–H and O–H groups in total. The van der Waals surface area contributed by atoms with Gasteiger partial charge in [0, 0.05) is 42.5 Å². The molecule has 3 heterocycles. The van der Waals surface area contributed by atoms with Crippen molar-refractivity contribution in [2.45, 2.75) is 25.7 Å². The zero-order valence-corrected chi connectivity index (χ0v) is 14.4. The van der Waals surface area contributed by atoms with E-state index >= 15 is 0 Å². The van der Waals surface area contributed by atoms with Gasteiger partial charge in [-0.1, -0.05) is 18.2 Å². The number of H-pyrrole nitrogens is 1. The van der Waals surface area contributed by atoms with Gasteiger partial charge >= 0.3 is 0 Å². The summed E-state index contributed by atoms with van der Waals surface area (Å²) in [7, 11) is 0. The first-order valence-corrected chi connectivity index (χ1v) is 8.62. The molecule has 1 atom stereocenters. The highest BCUT2D eigenvalue weighted by Crippen LogP contribution is 2.27. The van der Waals surface area contributed by atoms with Crippen LogP contribution in [-0.4, -0.2) is 38.5 Å². The Bertz CT molecular complexity index is 1040. The van der Waals surface area contributed by atoms with Crippen LogP contribution in [0.15, 0.2) is 41.2 Å². The number of benzene rings is 1. The maximum Gasteiger partial charge on any atom is 0.272 e. The Kier molecular flexibility index (Phi) is 4.06. The van der Waals surface area contributed by atoms with Crippen LogP contribution in [0.25, 0.3) is 5.65 Å². The van der Waals surface area contributed by atoms with Crippen LogP contribution in [0.5, 0.6) is 0 Å². The van der Waals surface area contributed by atoms with Crippen LogP contribution in [0.1, 0.15) is 29.3 Å². The Morgan fingerprint density at radius 1 is 1.35 bits per heavy atom. The fraction of sp³-hybridized carbons (Fsp3) is 0.316. The van der Waals surface area contributed by atoms with Crippen molar-refractivity contribution < 1.29 is 9.18 Å². The van der Waals surface area contributed by atoms with Crippen molar-refractivity contribution in [2.75, 3.05) is 13.1 Å². The van der Waals surface area contributed by atoms with Crippen LogP contribution in [0.4, 0.5) is 4.39 Å². The fourth-order valence-electron chi connectivity index (χ4n) is 3.50. The van der Waals surface area contributed by atoms with E-state index in [9.17, 15) is 14.0 Å². The summed E-state index contributed by atoms with van der Waals surface area (Å²) in [4.78, 5) is 30.6. The van der Waals surface area contributed by atoms with E-state index in [1.807, 2.05) is 6.07 Å². The lowest BCUT2D eigenvalue weighted by Gasteiger charge is -2.16. The minimum atomic E-state index is -0.354. The van der Waals surface area contributed by atoms with E-state index in [-0.39, 0.29) is 29.6 Å². The first-order chi connectivity index (χ1) is 12.5. The lowest BCUT2D eigenvalue weighted by Crippen LogP contribution is -2.30. The molecule has 0 bridgehead atoms. The maximum atomic E-state index is 13.8. The molecule has 0 radical (unpaired) electrons. The number of likely N-dealkylation sites (tertiary alicyclic amines) is 1. The number of halogens is 1. The number of rotatable bonds is 3. The summed E-state index contributed by atoms with van der Waals surface area (Å²) >= 11 is 0. The molecular formula is C19H19FN4O2. The van der Waals surface area contributed by atoms with Crippen LogP contribution >= 0.6 is 0 Å². The number of aryl methyl sites for hydroxylation is 1. The van der Waals surface area contributed by atoms with E-state index in [0.29, 0.717) is 30.0 Å². The molecule has 1 aliphatic rings. The molecule has 0 aliphatic carbocycles. The summed E-state index contributed by atoms with van der Waals surface area (Å²) in [5, 5.41) is 3.10. The topological polar surface area (TPSA) is 70.5 Å². The van der Waals surface area contributed by atoms with Gasteiger partial charge in [0.1, 0.15) is 5.82 Å². The standard InChI is InChI=1S/C19H19FN4O2/c1-12-8-19(26)24-17(21-12)10-16(22-24)14-6-7-23(11-14)18(25)9-13-4-2-3-5-15(13)20/h2-5,8,10,14,22H,6-7,9,11H2,1H3/t14-/m1/s1. The van der Waals surface area contributed by atoms with Gasteiger partial charge in [-0.2, -0.15) is 0 Å². The van der Waals surface area contributed by atoms with E-state index in [1.54, 1.807) is 30.0 Å². The van der Waals surface area contributed by atoms with Gasteiger partial charge in [0.05, 0.1) is 6.42 Å². The number of aromatic nitrogens is 3. The molecule has 7 heteroatoms. The summed E-state index contributed by atoms with van der Waals surface area (Å²) in [5.74, 6) is -0.325. The first-order valence-electron chi connectivity index (χ1n) is 8.62. The van der Waals surface area contributed by atoms with Gasteiger partial charge in [-0.05, 0) is 25.0 Å². The first kappa shape index (κ1) is 16.5. The third kappa shape index (κ3) is 3.00. The number of fused-ring (bicyclic) bond motifs is 1. The van der Waals surface area contributed by atoms with E-state index in [4.69, 9.17) is 0 Å². The van der Waals surface area contributed by atoms with Crippen molar-refractivity contribution in [3.05, 3.63) is 69.5 Å². The van der Waals surface area contributed by atoms with Crippen molar-refractivity contribution in [1.82, 2.24) is 19.5 Å². The summed E-state index contributed by atoms with van der Waals surface area (Å²) < 4.78 is 15.2. The molecule has 4 rings (SSSR count). The third-order valence-electron chi connectivity index (χ3n) is 4.88. The lowest BCUT2D eigenvalue weighted by molar-refractivity contribution is -0.129. The molecule has 134 valence electrons. The predicted octanol–water partition coefficient (Wildman–Crippen LogP) is 2.03. The number of nitrogens with one attached hydrogen (secondary N) is 1. The number of carbonyl (C=O) groups is 1. The van der Waals surface area contributed by atoms with Crippen molar-refractivity contribution >= 4 is 11.6 Å². The van der Waals surface area contributed by atoms with Crippen LogP contribution in [0.3, 0.4) is 0 Å². The van der Waals surface area contributed by atoms with Gasteiger partial charge in [-0.25, -0.2) is 13.9 Å². The largest absolute Gasteiger partial charge is 0.342 e. The van der Waals surface area contributed by atoms with Crippen molar-refractivity contribution in [2.24, 2.45) is 0 Å². The SMILES string of the molecule is Cc1cc(=O)n2[nH]c([C@@H]3CCN(C(=O)Cc4ccccc4F)C3)cc2n1. The molecule has 1 fully saturated rings. The molecule has 3 aromatic rings. The Hall–Kier alpha value is -2.96. The van der Waals surface area contributed by atoms with Crippen molar-refractivity contribution in [3.8, 4) is 0 Å². The average Bonchev–Trinajstić information content (AvgIpc) is 3.23. The van der Waals surface area contributed by atoms with Gasteiger partial charge in [0.25, 0.3) is 5.56 Å². The number of carbonyl (C=O) groups excluding carboxylic acids is 1. The molecular weight excluding hydrogens is 335 g/mol. The highest BCUT2D eigenvalue weighted by Gasteiger charge is 2.29.